The Morgan fingerprint density at radius 3 is 2.82 bits per heavy atom. The molecule has 1 N–H and O–H groups in total. The molecule has 0 amide bonds. The molecule has 2 aliphatic carbocycles. The van der Waals surface area contributed by atoms with Crippen LogP contribution in [0.1, 0.15) is 48.1 Å². The molecular formula is C27H29N3O2S. The predicted octanol–water partition coefficient (Wildman–Crippen LogP) is 5.06. The first-order valence-electron chi connectivity index (χ1n) is 12.0. The van der Waals surface area contributed by atoms with Crippen molar-refractivity contribution >= 4 is 32.3 Å². The third-order valence-corrected chi connectivity index (χ3v) is 8.57. The van der Waals surface area contributed by atoms with E-state index in [1.165, 1.54) is 36.1 Å². The lowest BCUT2D eigenvalue weighted by Crippen LogP contribution is -2.40. The highest BCUT2D eigenvalue weighted by Gasteiger charge is 2.27. The van der Waals surface area contributed by atoms with E-state index in [0.717, 1.165) is 51.6 Å². The minimum atomic E-state index is 0.0645. The summed E-state index contributed by atoms with van der Waals surface area (Å²) in [5.74, 6) is 0.800. The van der Waals surface area contributed by atoms with Crippen LogP contribution in [0, 0.1) is 0 Å². The topological polar surface area (TPSA) is 56.2 Å². The average molecular weight is 460 g/mol. The molecule has 33 heavy (non-hydrogen) atoms. The summed E-state index contributed by atoms with van der Waals surface area (Å²) in [6.45, 7) is 0.447. The minimum absolute atomic E-state index is 0.0645. The Morgan fingerprint density at radius 2 is 1.97 bits per heavy atom. The maximum Gasteiger partial charge on any atom is 0.262 e. The van der Waals surface area contributed by atoms with Gasteiger partial charge >= 0.3 is 0 Å². The number of hydrogen-bond acceptors (Lipinski definition) is 5. The van der Waals surface area contributed by atoms with Gasteiger partial charge in [0, 0.05) is 22.5 Å². The normalized spacial score (nSPS) is 18.8. The number of ether oxygens (including phenoxy) is 1. The summed E-state index contributed by atoms with van der Waals surface area (Å²) in [5.41, 5.74) is 2.31. The molecule has 1 unspecified atom stereocenters. The third-order valence-electron chi connectivity index (χ3n) is 7.41. The molecule has 2 aromatic carbocycles. The molecule has 0 radical (unpaired) electrons. The summed E-state index contributed by atoms with van der Waals surface area (Å²) in [6, 6.07) is 13.5. The quantitative estimate of drug-likeness (QED) is 0.453. The van der Waals surface area contributed by atoms with Crippen LogP contribution in [0.25, 0.3) is 21.0 Å². The van der Waals surface area contributed by atoms with E-state index in [9.17, 15) is 4.79 Å². The number of benzene rings is 2. The molecule has 6 rings (SSSR count). The highest BCUT2D eigenvalue weighted by molar-refractivity contribution is 7.18. The second-order valence-electron chi connectivity index (χ2n) is 9.42. The van der Waals surface area contributed by atoms with Crippen LogP contribution in [0.4, 0.5) is 0 Å². The van der Waals surface area contributed by atoms with Crippen molar-refractivity contribution in [2.24, 2.45) is 0 Å². The van der Waals surface area contributed by atoms with Crippen molar-refractivity contribution in [1.29, 1.82) is 0 Å². The summed E-state index contributed by atoms with van der Waals surface area (Å²) in [5, 5.41) is 6.96. The molecule has 1 fully saturated rings. The molecule has 0 spiro atoms. The fraction of sp³-hybridized carbons (Fsp3) is 0.407. The standard InChI is InChI=1S/C27H29N3O2S/c1-32-23-13-10-17-6-2-5-9-20(17)22(23)15-30-16-28-26-25(27(30)31)21-12-11-19(14-24(21)33-26)29-18-7-3-4-8-18/h2,5-6,9-10,13,16,18-19,29H,3-4,7-8,11-12,14-15H2,1H3. The summed E-state index contributed by atoms with van der Waals surface area (Å²) in [7, 11) is 1.68. The highest BCUT2D eigenvalue weighted by atomic mass is 32.1. The molecule has 4 aromatic rings. The van der Waals surface area contributed by atoms with Crippen molar-refractivity contribution in [2.75, 3.05) is 7.11 Å². The van der Waals surface area contributed by atoms with E-state index >= 15 is 0 Å². The molecule has 2 aromatic heterocycles. The Balaban J connectivity index is 1.35. The number of fused-ring (bicyclic) bond motifs is 4. The lowest BCUT2D eigenvalue weighted by molar-refractivity contribution is 0.399. The van der Waals surface area contributed by atoms with Crippen LogP contribution in [-0.4, -0.2) is 28.7 Å². The average Bonchev–Trinajstić information content (AvgIpc) is 3.48. The zero-order chi connectivity index (χ0) is 22.4. The van der Waals surface area contributed by atoms with Crippen LogP contribution in [-0.2, 0) is 19.4 Å². The first-order chi connectivity index (χ1) is 16.2. The van der Waals surface area contributed by atoms with Crippen LogP contribution in [0.5, 0.6) is 5.75 Å². The first kappa shape index (κ1) is 20.9. The van der Waals surface area contributed by atoms with Gasteiger partial charge in [0.1, 0.15) is 10.6 Å². The molecule has 2 heterocycles. The number of thiophene rings is 1. The van der Waals surface area contributed by atoms with Crippen molar-refractivity contribution in [2.45, 2.75) is 63.6 Å². The lowest BCUT2D eigenvalue weighted by atomic mass is 9.92. The maximum atomic E-state index is 13.6. The number of aromatic nitrogens is 2. The van der Waals surface area contributed by atoms with E-state index in [0.29, 0.717) is 18.6 Å². The van der Waals surface area contributed by atoms with Crippen molar-refractivity contribution < 1.29 is 4.74 Å². The van der Waals surface area contributed by atoms with Gasteiger partial charge in [-0.3, -0.25) is 9.36 Å². The molecule has 2 aliphatic rings. The summed E-state index contributed by atoms with van der Waals surface area (Å²) in [4.78, 5) is 20.6. The number of rotatable bonds is 5. The summed E-state index contributed by atoms with van der Waals surface area (Å²) in [6.07, 6.45) is 10.1. The smallest absolute Gasteiger partial charge is 0.262 e. The monoisotopic (exact) mass is 459 g/mol. The van der Waals surface area contributed by atoms with Gasteiger partial charge in [0.25, 0.3) is 5.56 Å². The van der Waals surface area contributed by atoms with Crippen molar-refractivity contribution in [1.82, 2.24) is 14.9 Å². The molecule has 1 saturated carbocycles. The van der Waals surface area contributed by atoms with Gasteiger partial charge in [0.15, 0.2) is 0 Å². The number of hydrogen-bond donors (Lipinski definition) is 1. The lowest BCUT2D eigenvalue weighted by Gasteiger charge is -2.26. The minimum Gasteiger partial charge on any atom is -0.496 e. The van der Waals surface area contributed by atoms with E-state index in [-0.39, 0.29) is 5.56 Å². The number of aryl methyl sites for hydroxylation is 1. The SMILES string of the molecule is COc1ccc2ccccc2c1Cn1cnc2sc3c(c2c1=O)CCC(NC1CCCC1)C3. The largest absolute Gasteiger partial charge is 0.496 e. The van der Waals surface area contributed by atoms with Gasteiger partial charge in [0.2, 0.25) is 0 Å². The molecule has 170 valence electrons. The van der Waals surface area contributed by atoms with Crippen LogP contribution < -0.4 is 15.6 Å². The van der Waals surface area contributed by atoms with Gasteiger partial charge in [-0.05, 0) is 54.5 Å². The molecule has 6 heteroatoms. The predicted molar refractivity (Wildman–Crippen MR) is 135 cm³/mol. The Labute approximate surface area is 197 Å². The Kier molecular flexibility index (Phi) is 5.43. The molecule has 0 bridgehead atoms. The summed E-state index contributed by atoms with van der Waals surface area (Å²) < 4.78 is 7.41. The van der Waals surface area contributed by atoms with Crippen molar-refractivity contribution in [3.8, 4) is 5.75 Å². The highest BCUT2D eigenvalue weighted by Crippen LogP contribution is 2.35. The van der Waals surface area contributed by atoms with E-state index in [1.807, 2.05) is 18.2 Å². The summed E-state index contributed by atoms with van der Waals surface area (Å²) >= 11 is 1.71. The molecule has 1 atom stereocenters. The second kappa shape index (κ2) is 8.58. The zero-order valence-electron chi connectivity index (χ0n) is 19.0. The molecule has 5 nitrogen and oxygen atoms in total. The number of nitrogens with one attached hydrogen (secondary N) is 1. The number of methoxy groups -OCH3 is 1. The maximum absolute atomic E-state index is 13.6. The van der Waals surface area contributed by atoms with Crippen LogP contribution in [0.15, 0.2) is 47.5 Å². The molecule has 0 aliphatic heterocycles. The fourth-order valence-electron chi connectivity index (χ4n) is 5.72. The van der Waals surface area contributed by atoms with Gasteiger partial charge in [-0.25, -0.2) is 4.98 Å². The third kappa shape index (κ3) is 3.75. The Hall–Kier alpha value is -2.70. The van der Waals surface area contributed by atoms with Crippen LogP contribution in [0.2, 0.25) is 0 Å². The molecule has 0 saturated heterocycles. The van der Waals surface area contributed by atoms with E-state index in [4.69, 9.17) is 9.72 Å². The second-order valence-corrected chi connectivity index (χ2v) is 10.5. The van der Waals surface area contributed by atoms with Gasteiger partial charge < -0.3 is 10.1 Å². The molecular weight excluding hydrogens is 430 g/mol. The van der Waals surface area contributed by atoms with Crippen LogP contribution >= 0.6 is 11.3 Å². The van der Waals surface area contributed by atoms with E-state index in [2.05, 4.69) is 23.5 Å². The van der Waals surface area contributed by atoms with Crippen LogP contribution in [0.3, 0.4) is 0 Å². The van der Waals surface area contributed by atoms with E-state index < -0.39 is 0 Å². The van der Waals surface area contributed by atoms with Gasteiger partial charge in [-0.1, -0.05) is 43.2 Å². The number of nitrogens with zero attached hydrogens (tertiary/aromatic N) is 2. The first-order valence-corrected chi connectivity index (χ1v) is 12.8. The van der Waals surface area contributed by atoms with Gasteiger partial charge in [-0.15, -0.1) is 11.3 Å². The van der Waals surface area contributed by atoms with Crippen molar-refractivity contribution in [3.05, 3.63) is 69.1 Å². The van der Waals surface area contributed by atoms with Gasteiger partial charge in [0.05, 0.1) is 25.4 Å². The van der Waals surface area contributed by atoms with E-state index in [1.54, 1.807) is 29.3 Å². The van der Waals surface area contributed by atoms with Crippen molar-refractivity contribution in [3.63, 3.8) is 0 Å². The zero-order valence-corrected chi connectivity index (χ0v) is 19.8. The fourth-order valence-corrected chi connectivity index (χ4v) is 6.98. The van der Waals surface area contributed by atoms with Gasteiger partial charge in [-0.2, -0.15) is 0 Å². The Morgan fingerprint density at radius 1 is 1.12 bits per heavy atom. The Bertz CT molecular complexity index is 1380.